The second-order valence-electron chi connectivity index (χ2n) is 3.57. The molecule has 62 valence electrons. The van der Waals surface area contributed by atoms with Crippen LogP contribution < -0.4 is 0 Å². The molecule has 0 fully saturated rings. The molecule has 11 heavy (non-hydrogen) atoms. The number of H-pyrrole nitrogens is 1. The first-order valence-electron chi connectivity index (χ1n) is 3.64. The van der Waals surface area contributed by atoms with E-state index < -0.39 is 0 Å². The molecule has 0 unspecified atom stereocenters. The molecule has 0 spiro atoms. The van der Waals surface area contributed by atoms with Crippen molar-refractivity contribution >= 4 is 11.8 Å². The van der Waals surface area contributed by atoms with Gasteiger partial charge in [0.1, 0.15) is 0 Å². The molecule has 0 amide bonds. The molecule has 2 nitrogen and oxygen atoms in total. The smallest absolute Gasteiger partial charge is 0.0908 e. The molecule has 0 aliphatic heterocycles. The highest BCUT2D eigenvalue weighted by Crippen LogP contribution is 2.23. The zero-order valence-corrected chi connectivity index (χ0v) is 8.25. The van der Waals surface area contributed by atoms with Crippen molar-refractivity contribution in [3.05, 3.63) is 11.8 Å². The number of rotatable bonds is 1. The lowest BCUT2D eigenvalue weighted by Gasteiger charge is -2.13. The lowest BCUT2D eigenvalue weighted by molar-refractivity contribution is 0.567. The fourth-order valence-corrected chi connectivity index (χ4v) is 1.16. The summed E-state index contributed by atoms with van der Waals surface area (Å²) < 4.78 is 0. The average Bonchev–Trinajstić information content (AvgIpc) is 2.32. The average molecular weight is 170 g/mol. The zero-order valence-electron chi connectivity index (χ0n) is 7.43. The molecule has 0 aromatic carbocycles. The van der Waals surface area contributed by atoms with E-state index in [2.05, 4.69) is 37.0 Å². The molecular weight excluding hydrogens is 156 g/mol. The Hall–Kier alpha value is -0.440. The van der Waals surface area contributed by atoms with Crippen molar-refractivity contribution in [3.63, 3.8) is 0 Å². The first kappa shape index (κ1) is 8.65. The van der Waals surface area contributed by atoms with Gasteiger partial charge in [-0.3, -0.25) is 5.10 Å². The van der Waals surface area contributed by atoms with Crippen molar-refractivity contribution in [1.29, 1.82) is 0 Å². The summed E-state index contributed by atoms with van der Waals surface area (Å²) in [5, 5.41) is 8.32. The highest BCUT2D eigenvalue weighted by Gasteiger charge is 2.16. The Labute approximate surface area is 71.8 Å². The van der Waals surface area contributed by atoms with E-state index in [1.165, 1.54) is 0 Å². The van der Waals surface area contributed by atoms with E-state index in [0.29, 0.717) is 0 Å². The summed E-state index contributed by atoms with van der Waals surface area (Å²) >= 11 is 1.69. The zero-order chi connectivity index (χ0) is 8.48. The topological polar surface area (TPSA) is 28.7 Å². The molecule has 1 rings (SSSR count). The summed E-state index contributed by atoms with van der Waals surface area (Å²) in [5.41, 5.74) is 1.28. The van der Waals surface area contributed by atoms with Gasteiger partial charge >= 0.3 is 0 Å². The number of hydrogen-bond acceptors (Lipinski definition) is 2. The van der Waals surface area contributed by atoms with Crippen LogP contribution in [0.5, 0.6) is 0 Å². The second kappa shape index (κ2) is 2.89. The van der Waals surface area contributed by atoms with Gasteiger partial charge in [0.2, 0.25) is 0 Å². The molecule has 1 heterocycles. The third kappa shape index (κ3) is 1.99. The molecule has 0 radical (unpaired) electrons. The van der Waals surface area contributed by atoms with E-state index in [1.54, 1.807) is 11.8 Å². The van der Waals surface area contributed by atoms with Crippen LogP contribution in [0, 0.1) is 0 Å². The van der Waals surface area contributed by atoms with Gasteiger partial charge in [-0.1, -0.05) is 20.8 Å². The number of nitrogens with one attached hydrogen (secondary N) is 1. The largest absolute Gasteiger partial charge is 0.272 e. The monoisotopic (exact) mass is 170 g/mol. The SMILES string of the molecule is CSc1cc(C(C)(C)C)n[nH]1. The molecule has 1 aromatic heterocycles. The highest BCUT2D eigenvalue weighted by atomic mass is 32.2. The van der Waals surface area contributed by atoms with Crippen LogP contribution in [0.15, 0.2) is 11.1 Å². The van der Waals surface area contributed by atoms with Crippen LogP contribution >= 0.6 is 11.8 Å². The predicted molar refractivity (Wildman–Crippen MR) is 49.1 cm³/mol. The maximum Gasteiger partial charge on any atom is 0.0908 e. The summed E-state index contributed by atoms with van der Waals surface area (Å²) in [4.78, 5) is 0. The maximum atomic E-state index is 4.21. The summed E-state index contributed by atoms with van der Waals surface area (Å²) in [6.45, 7) is 6.48. The number of hydrogen-bond donors (Lipinski definition) is 1. The number of thioether (sulfide) groups is 1. The Kier molecular flexibility index (Phi) is 2.28. The van der Waals surface area contributed by atoms with Crippen molar-refractivity contribution in [2.45, 2.75) is 31.2 Å². The van der Waals surface area contributed by atoms with Crippen LogP contribution in [0.4, 0.5) is 0 Å². The summed E-state index contributed by atoms with van der Waals surface area (Å²) in [5.74, 6) is 0. The quantitative estimate of drug-likeness (QED) is 0.656. The van der Waals surface area contributed by atoms with Crippen LogP contribution in [0.1, 0.15) is 26.5 Å². The Morgan fingerprint density at radius 2 is 2.09 bits per heavy atom. The molecule has 0 aliphatic carbocycles. The fourth-order valence-electron chi connectivity index (χ4n) is 0.793. The van der Waals surface area contributed by atoms with Crippen molar-refractivity contribution < 1.29 is 0 Å². The van der Waals surface area contributed by atoms with Crippen LogP contribution in [0.25, 0.3) is 0 Å². The predicted octanol–water partition coefficient (Wildman–Crippen LogP) is 2.43. The first-order chi connectivity index (χ1) is 5.04. The fraction of sp³-hybridized carbons (Fsp3) is 0.625. The Morgan fingerprint density at radius 1 is 1.45 bits per heavy atom. The van der Waals surface area contributed by atoms with Gasteiger partial charge in [0, 0.05) is 5.41 Å². The Morgan fingerprint density at radius 3 is 2.36 bits per heavy atom. The van der Waals surface area contributed by atoms with E-state index in [4.69, 9.17) is 0 Å². The standard InChI is InChI=1S/C8H14N2S/c1-8(2,3)6-5-7(11-4)10-9-6/h5H,1-4H3,(H,9,10). The molecule has 0 bridgehead atoms. The van der Waals surface area contributed by atoms with Gasteiger partial charge < -0.3 is 0 Å². The third-order valence-electron chi connectivity index (χ3n) is 1.54. The number of aromatic nitrogens is 2. The lowest BCUT2D eigenvalue weighted by atomic mass is 9.93. The molecule has 3 heteroatoms. The minimum absolute atomic E-state index is 0.157. The van der Waals surface area contributed by atoms with Crippen molar-refractivity contribution in [2.24, 2.45) is 0 Å². The number of aromatic amines is 1. The van der Waals surface area contributed by atoms with E-state index in [-0.39, 0.29) is 5.41 Å². The molecular formula is C8H14N2S. The van der Waals surface area contributed by atoms with Crippen LogP contribution in [0.2, 0.25) is 0 Å². The van der Waals surface area contributed by atoms with E-state index in [9.17, 15) is 0 Å². The van der Waals surface area contributed by atoms with Gasteiger partial charge in [0.15, 0.2) is 0 Å². The van der Waals surface area contributed by atoms with Gasteiger partial charge in [0.25, 0.3) is 0 Å². The van der Waals surface area contributed by atoms with E-state index in [1.807, 2.05) is 6.26 Å². The summed E-state index contributed by atoms with van der Waals surface area (Å²) in [7, 11) is 0. The van der Waals surface area contributed by atoms with Crippen LogP contribution in [-0.2, 0) is 5.41 Å². The van der Waals surface area contributed by atoms with E-state index >= 15 is 0 Å². The van der Waals surface area contributed by atoms with Crippen molar-refractivity contribution in [3.8, 4) is 0 Å². The molecule has 1 aromatic rings. The third-order valence-corrected chi connectivity index (χ3v) is 2.19. The summed E-state index contributed by atoms with van der Waals surface area (Å²) in [6.07, 6.45) is 2.04. The van der Waals surface area contributed by atoms with Crippen LogP contribution in [-0.4, -0.2) is 16.5 Å². The Bertz CT molecular complexity index is 234. The van der Waals surface area contributed by atoms with Crippen LogP contribution in [0.3, 0.4) is 0 Å². The maximum absolute atomic E-state index is 4.21. The number of nitrogens with zero attached hydrogens (tertiary/aromatic N) is 1. The highest BCUT2D eigenvalue weighted by molar-refractivity contribution is 7.98. The van der Waals surface area contributed by atoms with Gasteiger partial charge in [-0.15, -0.1) is 11.8 Å². The van der Waals surface area contributed by atoms with Gasteiger partial charge in [-0.2, -0.15) is 5.10 Å². The summed E-state index contributed by atoms with van der Waals surface area (Å²) in [6, 6.07) is 2.10. The molecule has 1 N–H and O–H groups in total. The molecule has 0 saturated heterocycles. The van der Waals surface area contributed by atoms with Crippen molar-refractivity contribution in [1.82, 2.24) is 10.2 Å². The molecule has 0 atom stereocenters. The minimum atomic E-state index is 0.157. The Balaban J connectivity index is 2.89. The molecule has 0 saturated carbocycles. The van der Waals surface area contributed by atoms with E-state index in [0.717, 1.165) is 10.7 Å². The normalized spacial score (nSPS) is 12.0. The first-order valence-corrected chi connectivity index (χ1v) is 4.86. The van der Waals surface area contributed by atoms with Gasteiger partial charge in [0.05, 0.1) is 10.7 Å². The minimum Gasteiger partial charge on any atom is -0.272 e. The molecule has 0 aliphatic rings. The lowest BCUT2D eigenvalue weighted by Crippen LogP contribution is -2.11. The van der Waals surface area contributed by atoms with Crippen molar-refractivity contribution in [2.75, 3.05) is 6.26 Å². The van der Waals surface area contributed by atoms with Gasteiger partial charge in [-0.25, -0.2) is 0 Å². The van der Waals surface area contributed by atoms with Gasteiger partial charge in [-0.05, 0) is 12.3 Å². The second-order valence-corrected chi connectivity index (χ2v) is 4.42.